The SMILES string of the molecule is Cc1ccc(OCCCON=C(N)N)cc1.O=C(O)CNSc1ccc(OC(F)(F)F)cc1. The molecule has 13 heteroatoms. The average molecular weight is 491 g/mol. The van der Waals surface area contributed by atoms with Gasteiger partial charge >= 0.3 is 12.3 Å². The third kappa shape index (κ3) is 15.2. The second-order valence-electron chi connectivity index (χ2n) is 6.20. The van der Waals surface area contributed by atoms with Gasteiger partial charge < -0.3 is 30.9 Å². The number of aryl methyl sites for hydroxylation is 1. The van der Waals surface area contributed by atoms with Crippen LogP contribution in [0.25, 0.3) is 0 Å². The van der Waals surface area contributed by atoms with Crippen molar-refractivity contribution in [2.24, 2.45) is 16.6 Å². The second-order valence-corrected chi connectivity index (χ2v) is 7.16. The van der Waals surface area contributed by atoms with Gasteiger partial charge in [-0.1, -0.05) is 17.7 Å². The van der Waals surface area contributed by atoms with E-state index in [1.165, 1.54) is 17.7 Å². The lowest BCUT2D eigenvalue weighted by atomic mass is 10.2. The molecule has 2 aromatic carbocycles. The van der Waals surface area contributed by atoms with Crippen LogP contribution in [0.5, 0.6) is 11.5 Å². The number of ether oxygens (including phenoxy) is 2. The molecular weight excluding hydrogens is 465 g/mol. The number of benzene rings is 2. The summed E-state index contributed by atoms with van der Waals surface area (Å²) in [4.78, 5) is 15.6. The van der Waals surface area contributed by atoms with E-state index in [1.807, 2.05) is 31.2 Å². The predicted octanol–water partition coefficient (Wildman–Crippen LogP) is 3.24. The molecule has 2 aromatic rings. The summed E-state index contributed by atoms with van der Waals surface area (Å²) in [7, 11) is 0. The van der Waals surface area contributed by atoms with Crippen LogP contribution in [0.1, 0.15) is 12.0 Å². The maximum absolute atomic E-state index is 11.8. The molecule has 0 unspecified atom stereocenters. The molecular formula is C20H25F3N4O5S. The van der Waals surface area contributed by atoms with Crippen molar-refractivity contribution in [1.82, 2.24) is 4.72 Å². The molecule has 0 bridgehead atoms. The fraction of sp³-hybridized carbons (Fsp3) is 0.300. The standard InChI is InChI=1S/C11H17N3O2.C9H8F3NO3S/c1-9-3-5-10(6-4-9)15-7-2-8-16-14-11(12)13;10-9(11,12)16-6-1-3-7(4-2-6)17-13-5-8(14)15/h3-6H,2,7-8H2,1H3,(H4,12,13,14);1-4,13H,5H2,(H,14,15). The van der Waals surface area contributed by atoms with Crippen molar-refractivity contribution < 1.29 is 37.4 Å². The summed E-state index contributed by atoms with van der Waals surface area (Å²) < 4.78 is 47.2. The number of carboxylic acid groups (broad SMARTS) is 1. The van der Waals surface area contributed by atoms with Crippen molar-refractivity contribution in [3.05, 3.63) is 54.1 Å². The van der Waals surface area contributed by atoms with Gasteiger partial charge in [0.15, 0.2) is 0 Å². The number of rotatable bonds is 11. The van der Waals surface area contributed by atoms with E-state index in [0.717, 1.165) is 36.3 Å². The molecule has 2 rings (SSSR count). The molecule has 9 nitrogen and oxygen atoms in total. The van der Waals surface area contributed by atoms with Gasteiger partial charge in [0.2, 0.25) is 5.96 Å². The number of carbonyl (C=O) groups is 1. The van der Waals surface area contributed by atoms with Gasteiger partial charge in [-0.3, -0.25) is 4.79 Å². The minimum Gasteiger partial charge on any atom is -0.493 e. The fourth-order valence-electron chi connectivity index (χ4n) is 1.96. The summed E-state index contributed by atoms with van der Waals surface area (Å²) in [5, 5.41) is 11.7. The summed E-state index contributed by atoms with van der Waals surface area (Å²) in [6, 6.07) is 13.0. The Balaban J connectivity index is 0.000000331. The Kier molecular flexibility index (Phi) is 12.3. The molecule has 0 radical (unpaired) electrons. The number of nitrogens with zero attached hydrogens (tertiary/aromatic N) is 1. The van der Waals surface area contributed by atoms with Gasteiger partial charge in [0, 0.05) is 11.3 Å². The van der Waals surface area contributed by atoms with Crippen LogP contribution in [0, 0.1) is 6.92 Å². The van der Waals surface area contributed by atoms with Crippen molar-refractivity contribution in [3.8, 4) is 11.5 Å². The lowest BCUT2D eigenvalue weighted by Gasteiger charge is -2.09. The molecule has 0 saturated carbocycles. The summed E-state index contributed by atoms with van der Waals surface area (Å²) >= 11 is 1.01. The number of hydrogen-bond acceptors (Lipinski definition) is 7. The maximum Gasteiger partial charge on any atom is 0.573 e. The van der Waals surface area contributed by atoms with Gasteiger partial charge in [-0.15, -0.1) is 13.2 Å². The smallest absolute Gasteiger partial charge is 0.493 e. The number of hydrogen-bond donors (Lipinski definition) is 4. The minimum absolute atomic E-state index is 0.0700. The van der Waals surface area contributed by atoms with E-state index in [2.05, 4.69) is 14.6 Å². The van der Waals surface area contributed by atoms with Crippen LogP contribution >= 0.6 is 11.9 Å². The van der Waals surface area contributed by atoms with Gasteiger partial charge in [-0.2, -0.15) is 0 Å². The number of oxime groups is 1. The zero-order chi connectivity index (χ0) is 24.7. The predicted molar refractivity (Wildman–Crippen MR) is 118 cm³/mol. The zero-order valence-electron chi connectivity index (χ0n) is 17.7. The molecule has 0 fully saturated rings. The van der Waals surface area contributed by atoms with E-state index >= 15 is 0 Å². The molecule has 0 spiro atoms. The van der Waals surface area contributed by atoms with Gasteiger partial charge in [0.25, 0.3) is 0 Å². The first-order chi connectivity index (χ1) is 15.5. The molecule has 0 saturated heterocycles. The second kappa shape index (κ2) is 14.7. The molecule has 6 N–H and O–H groups in total. The van der Waals surface area contributed by atoms with Gasteiger partial charge in [0.05, 0.1) is 6.61 Å². The van der Waals surface area contributed by atoms with Gasteiger partial charge in [-0.25, -0.2) is 4.72 Å². The Hall–Kier alpha value is -3.32. The van der Waals surface area contributed by atoms with Crippen LogP contribution in [0.2, 0.25) is 0 Å². The van der Waals surface area contributed by atoms with Gasteiger partial charge in [-0.05, 0) is 60.4 Å². The molecule has 0 heterocycles. The number of aliphatic carboxylic acids is 1. The van der Waals surface area contributed by atoms with E-state index in [-0.39, 0.29) is 18.3 Å². The number of carboxylic acids is 1. The number of guanidine groups is 1. The molecule has 0 amide bonds. The Morgan fingerprint density at radius 2 is 1.67 bits per heavy atom. The number of halogens is 3. The Bertz CT molecular complexity index is 861. The highest BCUT2D eigenvalue weighted by Gasteiger charge is 2.30. The van der Waals surface area contributed by atoms with Crippen LogP contribution < -0.4 is 25.7 Å². The maximum atomic E-state index is 11.8. The summed E-state index contributed by atoms with van der Waals surface area (Å²) in [5.41, 5.74) is 11.4. The number of nitrogens with two attached hydrogens (primary N) is 2. The van der Waals surface area contributed by atoms with Crippen LogP contribution in [0.15, 0.2) is 58.6 Å². The summed E-state index contributed by atoms with van der Waals surface area (Å²) in [6.45, 7) is 2.80. The molecule has 182 valence electrons. The van der Waals surface area contributed by atoms with Crippen molar-refractivity contribution in [3.63, 3.8) is 0 Å². The van der Waals surface area contributed by atoms with Crippen molar-refractivity contribution in [2.45, 2.75) is 24.6 Å². The van der Waals surface area contributed by atoms with E-state index < -0.39 is 12.3 Å². The van der Waals surface area contributed by atoms with E-state index in [4.69, 9.17) is 26.1 Å². The first-order valence-corrected chi connectivity index (χ1v) is 10.2. The van der Waals surface area contributed by atoms with Crippen molar-refractivity contribution in [1.29, 1.82) is 0 Å². The van der Waals surface area contributed by atoms with Gasteiger partial charge in [0.1, 0.15) is 24.7 Å². The van der Waals surface area contributed by atoms with Crippen LogP contribution in [-0.2, 0) is 9.63 Å². The molecule has 0 atom stereocenters. The average Bonchev–Trinajstić information content (AvgIpc) is 2.72. The Labute approximate surface area is 193 Å². The first-order valence-electron chi connectivity index (χ1n) is 9.43. The molecule has 0 aliphatic heterocycles. The topological polar surface area (TPSA) is 141 Å². The Morgan fingerprint density at radius 1 is 1.06 bits per heavy atom. The fourth-order valence-corrected chi connectivity index (χ4v) is 2.59. The normalized spacial score (nSPS) is 10.4. The molecule has 33 heavy (non-hydrogen) atoms. The monoisotopic (exact) mass is 490 g/mol. The summed E-state index contributed by atoms with van der Waals surface area (Å²) in [5.74, 6) is -0.554. The van der Waals surface area contributed by atoms with Crippen molar-refractivity contribution >= 4 is 23.9 Å². The molecule has 0 aliphatic rings. The van der Waals surface area contributed by atoms with E-state index in [0.29, 0.717) is 18.1 Å². The van der Waals surface area contributed by atoms with Crippen molar-refractivity contribution in [2.75, 3.05) is 19.8 Å². The largest absolute Gasteiger partial charge is 0.573 e. The molecule has 0 aromatic heterocycles. The summed E-state index contributed by atoms with van der Waals surface area (Å²) in [6.07, 6.45) is -3.99. The minimum atomic E-state index is -4.71. The molecule has 0 aliphatic carbocycles. The third-order valence-electron chi connectivity index (χ3n) is 3.31. The highest BCUT2D eigenvalue weighted by atomic mass is 32.2. The first kappa shape index (κ1) is 27.7. The van der Waals surface area contributed by atoms with Crippen LogP contribution in [0.3, 0.4) is 0 Å². The van der Waals surface area contributed by atoms with E-state index in [1.54, 1.807) is 0 Å². The van der Waals surface area contributed by atoms with Crippen LogP contribution in [0.4, 0.5) is 13.2 Å². The lowest BCUT2D eigenvalue weighted by molar-refractivity contribution is -0.274. The number of nitrogens with one attached hydrogen (secondary N) is 1. The number of alkyl halides is 3. The highest BCUT2D eigenvalue weighted by molar-refractivity contribution is 7.97. The van der Waals surface area contributed by atoms with E-state index in [9.17, 15) is 18.0 Å². The Morgan fingerprint density at radius 3 is 2.21 bits per heavy atom. The lowest BCUT2D eigenvalue weighted by Crippen LogP contribution is -2.23. The third-order valence-corrected chi connectivity index (χ3v) is 4.11. The quantitative estimate of drug-likeness (QED) is 0.123. The highest BCUT2D eigenvalue weighted by Crippen LogP contribution is 2.24. The van der Waals surface area contributed by atoms with Crippen LogP contribution in [-0.4, -0.2) is 43.2 Å². The zero-order valence-corrected chi connectivity index (χ0v) is 18.5.